The summed E-state index contributed by atoms with van der Waals surface area (Å²) in [5.74, 6) is 1.04. The van der Waals surface area contributed by atoms with Crippen LogP contribution in [-0.4, -0.2) is 36.0 Å². The second-order valence-electron chi connectivity index (χ2n) is 6.47. The van der Waals surface area contributed by atoms with Gasteiger partial charge in [-0.1, -0.05) is 24.4 Å². The van der Waals surface area contributed by atoms with Crippen LogP contribution in [0.5, 0.6) is 0 Å². The molecule has 0 bridgehead atoms. The molecule has 1 aromatic rings. The molecule has 1 aliphatic heterocycles. The molecule has 0 aromatic heterocycles. The Morgan fingerprint density at radius 3 is 2.80 bits per heavy atom. The fraction of sp³-hybridized carbons (Fsp3) is 0.556. The summed E-state index contributed by atoms with van der Waals surface area (Å²) < 4.78 is 0. The zero-order valence-electron chi connectivity index (χ0n) is 14.2. The van der Waals surface area contributed by atoms with Crippen molar-refractivity contribution in [1.29, 1.82) is 0 Å². The number of thioether (sulfide) groups is 1. The van der Waals surface area contributed by atoms with Gasteiger partial charge >= 0.3 is 6.03 Å². The number of benzene rings is 1. The molecule has 1 saturated heterocycles. The Labute approximate surface area is 157 Å². The number of nitrogens with one attached hydrogen (secondary N) is 2. The van der Waals surface area contributed by atoms with E-state index >= 15 is 0 Å². The standard InChI is InChI=1S/C18H24ClN3O2S/c19-15-8-7-13(22-10-3-6-17(22)23)12-16(15)21-18(24)20-9-11-25-14-4-1-2-5-14/h7-8,12,14H,1-6,9-11H2,(H2,20,21,24). The minimum atomic E-state index is -0.265. The van der Waals surface area contributed by atoms with Gasteiger partial charge in [-0.3, -0.25) is 4.79 Å². The van der Waals surface area contributed by atoms with E-state index < -0.39 is 0 Å². The van der Waals surface area contributed by atoms with Crippen LogP contribution in [0.25, 0.3) is 0 Å². The van der Waals surface area contributed by atoms with Crippen molar-refractivity contribution in [3.63, 3.8) is 0 Å². The molecule has 1 saturated carbocycles. The smallest absolute Gasteiger partial charge is 0.319 e. The van der Waals surface area contributed by atoms with Gasteiger partial charge in [-0.15, -0.1) is 0 Å². The van der Waals surface area contributed by atoms with E-state index in [1.807, 2.05) is 17.8 Å². The van der Waals surface area contributed by atoms with E-state index in [0.717, 1.165) is 23.1 Å². The summed E-state index contributed by atoms with van der Waals surface area (Å²) in [6.45, 7) is 1.35. The van der Waals surface area contributed by atoms with Gasteiger partial charge in [0.15, 0.2) is 0 Å². The predicted octanol–water partition coefficient (Wildman–Crippen LogP) is 4.26. The number of halogens is 1. The number of hydrogen-bond acceptors (Lipinski definition) is 3. The zero-order chi connectivity index (χ0) is 17.6. The Morgan fingerprint density at radius 1 is 1.28 bits per heavy atom. The molecule has 1 heterocycles. The Kier molecular flexibility index (Phi) is 6.48. The molecule has 0 unspecified atom stereocenters. The number of urea groups is 1. The first kappa shape index (κ1) is 18.4. The summed E-state index contributed by atoms with van der Waals surface area (Å²) in [7, 11) is 0. The van der Waals surface area contributed by atoms with Crippen molar-refractivity contribution in [3.05, 3.63) is 23.2 Å². The number of rotatable bonds is 6. The van der Waals surface area contributed by atoms with E-state index in [2.05, 4.69) is 10.6 Å². The van der Waals surface area contributed by atoms with Crippen molar-refractivity contribution in [2.75, 3.05) is 29.1 Å². The highest BCUT2D eigenvalue weighted by molar-refractivity contribution is 7.99. The van der Waals surface area contributed by atoms with Crippen LogP contribution in [0.4, 0.5) is 16.2 Å². The van der Waals surface area contributed by atoms with Crippen LogP contribution in [-0.2, 0) is 4.79 Å². The van der Waals surface area contributed by atoms with Gasteiger partial charge < -0.3 is 15.5 Å². The molecule has 1 aromatic carbocycles. The first-order valence-electron chi connectivity index (χ1n) is 8.90. The van der Waals surface area contributed by atoms with Crippen LogP contribution in [0.15, 0.2) is 18.2 Å². The molecule has 3 amide bonds. The molecule has 25 heavy (non-hydrogen) atoms. The van der Waals surface area contributed by atoms with Crippen molar-refractivity contribution in [2.24, 2.45) is 0 Å². The van der Waals surface area contributed by atoms with Crippen molar-refractivity contribution in [3.8, 4) is 0 Å². The quantitative estimate of drug-likeness (QED) is 0.723. The van der Waals surface area contributed by atoms with E-state index in [1.54, 1.807) is 17.0 Å². The predicted molar refractivity (Wildman–Crippen MR) is 105 cm³/mol. The third-order valence-electron chi connectivity index (χ3n) is 4.63. The summed E-state index contributed by atoms with van der Waals surface area (Å²) in [6.07, 6.45) is 6.71. The summed E-state index contributed by atoms with van der Waals surface area (Å²) in [6, 6.07) is 5.03. The van der Waals surface area contributed by atoms with Gasteiger partial charge in [0, 0.05) is 36.2 Å². The molecule has 1 aliphatic carbocycles. The van der Waals surface area contributed by atoms with E-state index in [4.69, 9.17) is 11.6 Å². The number of anilines is 2. The first-order chi connectivity index (χ1) is 12.1. The summed E-state index contributed by atoms with van der Waals surface area (Å²) >= 11 is 8.12. The van der Waals surface area contributed by atoms with Gasteiger partial charge in [-0.2, -0.15) is 11.8 Å². The number of amides is 3. The molecule has 7 heteroatoms. The zero-order valence-corrected chi connectivity index (χ0v) is 15.8. The fourth-order valence-corrected chi connectivity index (χ4v) is 4.69. The van der Waals surface area contributed by atoms with Crippen molar-refractivity contribution >= 4 is 46.7 Å². The Balaban J connectivity index is 1.49. The van der Waals surface area contributed by atoms with Crippen molar-refractivity contribution in [1.82, 2.24) is 5.32 Å². The van der Waals surface area contributed by atoms with Gasteiger partial charge in [0.25, 0.3) is 0 Å². The van der Waals surface area contributed by atoms with Gasteiger partial charge in [0.2, 0.25) is 5.91 Å². The second kappa shape index (κ2) is 8.81. The number of nitrogens with zero attached hydrogens (tertiary/aromatic N) is 1. The Hall–Kier alpha value is -1.40. The summed E-state index contributed by atoms with van der Waals surface area (Å²) in [5, 5.41) is 6.88. The molecule has 0 radical (unpaired) electrons. The number of carbonyl (C=O) groups excluding carboxylic acids is 2. The molecule has 0 atom stereocenters. The van der Waals surface area contributed by atoms with Crippen molar-refractivity contribution < 1.29 is 9.59 Å². The normalized spacial score (nSPS) is 18.0. The maximum Gasteiger partial charge on any atom is 0.319 e. The van der Waals surface area contributed by atoms with Crippen LogP contribution in [0.1, 0.15) is 38.5 Å². The number of hydrogen-bond donors (Lipinski definition) is 2. The van der Waals surface area contributed by atoms with Crippen LogP contribution >= 0.6 is 23.4 Å². The van der Waals surface area contributed by atoms with Crippen LogP contribution in [0, 0.1) is 0 Å². The Morgan fingerprint density at radius 2 is 2.08 bits per heavy atom. The molecule has 5 nitrogen and oxygen atoms in total. The minimum absolute atomic E-state index is 0.113. The van der Waals surface area contributed by atoms with Gasteiger partial charge in [0.1, 0.15) is 0 Å². The maximum atomic E-state index is 12.1. The average Bonchev–Trinajstić information content (AvgIpc) is 3.25. The molecular weight excluding hydrogens is 358 g/mol. The number of carbonyl (C=O) groups is 2. The van der Waals surface area contributed by atoms with Crippen LogP contribution in [0.2, 0.25) is 5.02 Å². The van der Waals surface area contributed by atoms with Crippen molar-refractivity contribution in [2.45, 2.75) is 43.8 Å². The van der Waals surface area contributed by atoms with Gasteiger partial charge in [-0.05, 0) is 37.5 Å². The van der Waals surface area contributed by atoms with E-state index in [9.17, 15) is 9.59 Å². The minimum Gasteiger partial charge on any atom is -0.337 e. The maximum absolute atomic E-state index is 12.1. The summed E-state index contributed by atoms with van der Waals surface area (Å²) in [4.78, 5) is 25.7. The highest BCUT2D eigenvalue weighted by Gasteiger charge is 2.22. The average molecular weight is 382 g/mol. The monoisotopic (exact) mass is 381 g/mol. The Bertz CT molecular complexity index is 635. The summed E-state index contributed by atoms with van der Waals surface area (Å²) in [5.41, 5.74) is 1.30. The third-order valence-corrected chi connectivity index (χ3v) is 6.34. The topological polar surface area (TPSA) is 61.4 Å². The third kappa shape index (κ3) is 5.05. The SMILES string of the molecule is O=C(NCCSC1CCCC1)Nc1cc(N2CCCC2=O)ccc1Cl. The van der Waals surface area contributed by atoms with Crippen LogP contribution < -0.4 is 15.5 Å². The molecular formula is C18H24ClN3O2S. The highest BCUT2D eigenvalue weighted by atomic mass is 35.5. The first-order valence-corrected chi connectivity index (χ1v) is 10.3. The lowest BCUT2D eigenvalue weighted by Gasteiger charge is -2.18. The molecule has 136 valence electrons. The lowest BCUT2D eigenvalue weighted by Crippen LogP contribution is -2.31. The van der Waals surface area contributed by atoms with Crippen LogP contribution in [0.3, 0.4) is 0 Å². The van der Waals surface area contributed by atoms with E-state index in [1.165, 1.54) is 25.7 Å². The second-order valence-corrected chi connectivity index (χ2v) is 8.29. The largest absolute Gasteiger partial charge is 0.337 e. The molecule has 2 aliphatic rings. The van der Waals surface area contributed by atoms with E-state index in [0.29, 0.717) is 30.2 Å². The molecule has 2 N–H and O–H groups in total. The lowest BCUT2D eigenvalue weighted by atomic mass is 10.2. The van der Waals surface area contributed by atoms with Gasteiger partial charge in [0.05, 0.1) is 10.7 Å². The fourth-order valence-electron chi connectivity index (χ4n) is 3.31. The lowest BCUT2D eigenvalue weighted by molar-refractivity contribution is -0.117. The molecule has 0 spiro atoms. The van der Waals surface area contributed by atoms with Gasteiger partial charge in [-0.25, -0.2) is 4.79 Å². The highest BCUT2D eigenvalue weighted by Crippen LogP contribution is 2.30. The molecule has 2 fully saturated rings. The van der Waals surface area contributed by atoms with E-state index in [-0.39, 0.29) is 11.9 Å². The molecule has 3 rings (SSSR count).